The number of methoxy groups -OCH3 is 1. The minimum atomic E-state index is 0.519. The highest BCUT2D eigenvalue weighted by Crippen LogP contribution is 2.20. The van der Waals surface area contributed by atoms with Crippen molar-refractivity contribution in [3.05, 3.63) is 15.9 Å². The molecule has 0 unspecified atom stereocenters. The molecule has 1 aromatic rings. The molecule has 0 aliphatic rings. The second kappa shape index (κ2) is 10.3. The third-order valence-electron chi connectivity index (χ3n) is 2.68. The lowest BCUT2D eigenvalue weighted by molar-refractivity contribution is 0.0000458. The molecular weight excluding hydrogens is 328 g/mol. The second-order valence-electron chi connectivity index (χ2n) is 4.24. The van der Waals surface area contributed by atoms with Gasteiger partial charge in [-0.2, -0.15) is 5.10 Å². The first-order valence-corrected chi connectivity index (χ1v) is 7.36. The topological polar surface area (TPSA) is 54.7 Å². The first kappa shape index (κ1) is 17.6. The molecule has 1 aromatic heterocycles. The van der Waals surface area contributed by atoms with Crippen molar-refractivity contribution in [3.63, 3.8) is 0 Å². The molecule has 1 rings (SSSR count). The van der Waals surface area contributed by atoms with Crippen LogP contribution in [0.25, 0.3) is 0 Å². The molecule has 0 radical (unpaired) electrons. The van der Waals surface area contributed by atoms with Gasteiger partial charge in [0.05, 0.1) is 62.1 Å². The molecular formula is C13H23BrN2O4. The third-order valence-corrected chi connectivity index (χ3v) is 3.71. The number of ether oxygens (including phenoxy) is 4. The largest absolute Gasteiger partial charge is 0.382 e. The summed E-state index contributed by atoms with van der Waals surface area (Å²) in [5, 5.41) is 4.31. The van der Waals surface area contributed by atoms with Crippen LogP contribution in [0.4, 0.5) is 0 Å². The van der Waals surface area contributed by atoms with Crippen molar-refractivity contribution in [1.82, 2.24) is 9.78 Å². The van der Waals surface area contributed by atoms with Gasteiger partial charge in [0.25, 0.3) is 0 Å². The van der Waals surface area contributed by atoms with Gasteiger partial charge >= 0.3 is 0 Å². The standard InChI is InChI=1S/C13H23BrN2O4/c1-11-13(14)12(16(2)15-11)10-20-9-8-19-7-6-18-5-4-17-3/h4-10H2,1-3H3. The molecule has 1 heterocycles. The Morgan fingerprint density at radius 1 is 1.00 bits per heavy atom. The predicted molar refractivity (Wildman–Crippen MR) is 78.8 cm³/mol. The van der Waals surface area contributed by atoms with Crippen LogP contribution in [0, 0.1) is 6.92 Å². The van der Waals surface area contributed by atoms with E-state index in [0.29, 0.717) is 46.2 Å². The number of hydrogen-bond donors (Lipinski definition) is 0. The van der Waals surface area contributed by atoms with Crippen molar-refractivity contribution in [2.24, 2.45) is 7.05 Å². The average Bonchev–Trinajstić information content (AvgIpc) is 2.67. The van der Waals surface area contributed by atoms with Crippen LogP contribution < -0.4 is 0 Å². The van der Waals surface area contributed by atoms with Crippen molar-refractivity contribution in [2.75, 3.05) is 46.8 Å². The Hall–Kier alpha value is -0.470. The molecule has 0 amide bonds. The summed E-state index contributed by atoms with van der Waals surface area (Å²) in [5.41, 5.74) is 2.00. The van der Waals surface area contributed by atoms with E-state index in [0.717, 1.165) is 15.9 Å². The van der Waals surface area contributed by atoms with Crippen molar-refractivity contribution in [1.29, 1.82) is 0 Å². The molecule has 0 aliphatic heterocycles. The van der Waals surface area contributed by atoms with E-state index in [4.69, 9.17) is 18.9 Å². The third kappa shape index (κ3) is 6.32. The summed E-state index contributed by atoms with van der Waals surface area (Å²) in [6, 6.07) is 0. The minimum Gasteiger partial charge on any atom is -0.382 e. The van der Waals surface area contributed by atoms with Gasteiger partial charge in [-0.05, 0) is 22.9 Å². The Morgan fingerprint density at radius 2 is 1.55 bits per heavy atom. The SMILES string of the molecule is COCCOCCOCCOCc1c(Br)c(C)nn1C. The van der Waals surface area contributed by atoms with Crippen molar-refractivity contribution in [2.45, 2.75) is 13.5 Å². The van der Waals surface area contributed by atoms with Gasteiger partial charge in [0.2, 0.25) is 0 Å². The zero-order valence-corrected chi connectivity index (χ0v) is 13.9. The van der Waals surface area contributed by atoms with E-state index in [2.05, 4.69) is 21.0 Å². The van der Waals surface area contributed by atoms with Crippen LogP contribution in [0.3, 0.4) is 0 Å². The van der Waals surface area contributed by atoms with Crippen LogP contribution in [-0.4, -0.2) is 56.5 Å². The summed E-state index contributed by atoms with van der Waals surface area (Å²) >= 11 is 3.50. The summed E-state index contributed by atoms with van der Waals surface area (Å²) in [4.78, 5) is 0. The van der Waals surface area contributed by atoms with Crippen LogP contribution in [0.5, 0.6) is 0 Å². The van der Waals surface area contributed by atoms with Gasteiger partial charge in [-0.15, -0.1) is 0 Å². The zero-order chi connectivity index (χ0) is 14.8. The molecule has 0 aliphatic carbocycles. The minimum absolute atomic E-state index is 0.519. The Labute approximate surface area is 128 Å². The summed E-state index contributed by atoms with van der Waals surface area (Å²) in [7, 11) is 3.56. The predicted octanol–water partition coefficient (Wildman–Crippen LogP) is 1.69. The number of nitrogens with zero attached hydrogens (tertiary/aromatic N) is 2. The fourth-order valence-electron chi connectivity index (χ4n) is 1.59. The first-order valence-electron chi connectivity index (χ1n) is 6.57. The van der Waals surface area contributed by atoms with Crippen LogP contribution in [0.2, 0.25) is 0 Å². The van der Waals surface area contributed by atoms with Gasteiger partial charge < -0.3 is 18.9 Å². The van der Waals surface area contributed by atoms with Gasteiger partial charge in [-0.25, -0.2) is 0 Å². The Kier molecular flexibility index (Phi) is 9.04. The fourth-order valence-corrected chi connectivity index (χ4v) is 2.04. The summed E-state index contributed by atoms with van der Waals surface area (Å²) in [5.74, 6) is 0. The Bertz CT molecular complexity index is 385. The molecule has 0 atom stereocenters. The first-order chi connectivity index (χ1) is 9.66. The van der Waals surface area contributed by atoms with Gasteiger partial charge in [-0.1, -0.05) is 0 Å². The highest BCUT2D eigenvalue weighted by molar-refractivity contribution is 9.10. The molecule has 0 spiro atoms. The molecule has 6 nitrogen and oxygen atoms in total. The lowest BCUT2D eigenvalue weighted by Gasteiger charge is -2.07. The highest BCUT2D eigenvalue weighted by Gasteiger charge is 2.09. The number of aromatic nitrogens is 2. The molecule has 0 saturated heterocycles. The maximum absolute atomic E-state index is 5.56. The Morgan fingerprint density at radius 3 is 2.05 bits per heavy atom. The normalized spacial score (nSPS) is 11.2. The van der Waals surface area contributed by atoms with E-state index < -0.39 is 0 Å². The molecule has 7 heteroatoms. The van der Waals surface area contributed by atoms with E-state index in [9.17, 15) is 0 Å². The summed E-state index contributed by atoms with van der Waals surface area (Å²) in [6.07, 6.45) is 0. The van der Waals surface area contributed by atoms with Crippen LogP contribution in [-0.2, 0) is 32.6 Å². The zero-order valence-electron chi connectivity index (χ0n) is 12.4. The van der Waals surface area contributed by atoms with E-state index in [1.807, 2.05) is 18.7 Å². The van der Waals surface area contributed by atoms with Gasteiger partial charge in [0, 0.05) is 14.2 Å². The lowest BCUT2D eigenvalue weighted by atomic mass is 10.4. The van der Waals surface area contributed by atoms with Crippen molar-refractivity contribution >= 4 is 15.9 Å². The van der Waals surface area contributed by atoms with Crippen molar-refractivity contribution in [3.8, 4) is 0 Å². The molecule has 0 N–H and O–H groups in total. The lowest BCUT2D eigenvalue weighted by Crippen LogP contribution is -2.11. The molecule has 116 valence electrons. The van der Waals surface area contributed by atoms with E-state index in [1.165, 1.54) is 0 Å². The smallest absolute Gasteiger partial charge is 0.0897 e. The quantitative estimate of drug-likeness (QED) is 0.568. The monoisotopic (exact) mass is 350 g/mol. The highest BCUT2D eigenvalue weighted by atomic mass is 79.9. The second-order valence-corrected chi connectivity index (χ2v) is 5.03. The number of halogens is 1. The van der Waals surface area contributed by atoms with Crippen LogP contribution in [0.1, 0.15) is 11.4 Å². The van der Waals surface area contributed by atoms with Crippen LogP contribution >= 0.6 is 15.9 Å². The van der Waals surface area contributed by atoms with Crippen molar-refractivity contribution < 1.29 is 18.9 Å². The Balaban J connectivity index is 2.00. The van der Waals surface area contributed by atoms with E-state index in [1.54, 1.807) is 7.11 Å². The maximum atomic E-state index is 5.56. The molecule has 20 heavy (non-hydrogen) atoms. The summed E-state index contributed by atoms with van der Waals surface area (Å²) in [6.45, 7) is 5.95. The van der Waals surface area contributed by atoms with Gasteiger partial charge in [0.1, 0.15) is 0 Å². The number of hydrogen-bond acceptors (Lipinski definition) is 5. The fraction of sp³-hybridized carbons (Fsp3) is 0.769. The maximum Gasteiger partial charge on any atom is 0.0897 e. The number of aryl methyl sites for hydroxylation is 2. The van der Waals surface area contributed by atoms with Gasteiger partial charge in [0.15, 0.2) is 0 Å². The van der Waals surface area contributed by atoms with Crippen LogP contribution in [0.15, 0.2) is 4.47 Å². The molecule has 0 bridgehead atoms. The molecule has 0 aromatic carbocycles. The summed E-state index contributed by atoms with van der Waals surface area (Å²) < 4.78 is 23.9. The van der Waals surface area contributed by atoms with E-state index in [-0.39, 0.29) is 0 Å². The number of rotatable bonds is 11. The average molecular weight is 351 g/mol. The van der Waals surface area contributed by atoms with Gasteiger partial charge in [-0.3, -0.25) is 4.68 Å². The molecule has 0 fully saturated rings. The van der Waals surface area contributed by atoms with E-state index >= 15 is 0 Å². The molecule has 0 saturated carbocycles.